The molecule has 2 heterocycles. The van der Waals surface area contributed by atoms with Crippen LogP contribution >= 0.6 is 0 Å². The number of hydrogen-bond donors (Lipinski definition) is 1. The van der Waals surface area contributed by atoms with Gasteiger partial charge >= 0.3 is 0 Å². The van der Waals surface area contributed by atoms with Crippen LogP contribution in [0.3, 0.4) is 0 Å². The zero-order valence-electron chi connectivity index (χ0n) is 12.8. The maximum atomic E-state index is 11.9. The number of fused-ring (bicyclic) bond motifs is 1. The van der Waals surface area contributed by atoms with Gasteiger partial charge in [0, 0.05) is 24.7 Å². The summed E-state index contributed by atoms with van der Waals surface area (Å²) in [6.45, 7) is 4.75. The molecule has 0 bridgehead atoms. The van der Waals surface area contributed by atoms with Crippen molar-refractivity contribution in [3.05, 3.63) is 53.9 Å². The quantitative estimate of drug-likeness (QED) is 0.787. The summed E-state index contributed by atoms with van der Waals surface area (Å²) in [6.07, 6.45) is 2.44. The number of aryl methyl sites for hydroxylation is 3. The van der Waals surface area contributed by atoms with Crippen LogP contribution in [0, 0.1) is 13.8 Å². The number of amides is 1. The van der Waals surface area contributed by atoms with Gasteiger partial charge in [-0.15, -0.1) is 0 Å². The summed E-state index contributed by atoms with van der Waals surface area (Å²) in [4.78, 5) is 16.2. The van der Waals surface area contributed by atoms with E-state index in [2.05, 4.69) is 33.1 Å². The molecule has 0 aliphatic rings. The molecule has 0 spiro atoms. The lowest BCUT2D eigenvalue weighted by Gasteiger charge is -2.06. The van der Waals surface area contributed by atoms with Crippen LogP contribution in [0.4, 0.5) is 0 Å². The molecule has 0 saturated carbocycles. The molecule has 1 N–H and O–H groups in total. The molecule has 0 atom stereocenters. The predicted octanol–water partition coefficient (Wildman–Crippen LogP) is 2.95. The zero-order valence-corrected chi connectivity index (χ0v) is 12.8. The van der Waals surface area contributed by atoms with Gasteiger partial charge in [-0.05, 0) is 31.4 Å². The summed E-state index contributed by atoms with van der Waals surface area (Å²) in [7, 11) is 0. The maximum Gasteiger partial charge on any atom is 0.222 e. The number of carbonyl (C=O) groups is 1. The molecule has 114 valence electrons. The minimum atomic E-state index is -0.00807. The van der Waals surface area contributed by atoms with Crippen LogP contribution in [0.1, 0.15) is 23.8 Å². The Morgan fingerprint density at radius 1 is 1.27 bits per heavy atom. The number of hydrogen-bond acceptors (Lipinski definition) is 3. The standard InChI is InChI=1S/C17H19N3O2/c1-12-13(2)22-17(19-12)11-18-16(21)8-10-20-9-7-14-5-3-4-6-15(14)20/h3-7,9H,8,10-11H2,1-2H3,(H,18,21). The Morgan fingerprint density at radius 2 is 2.09 bits per heavy atom. The van der Waals surface area contributed by atoms with Crippen LogP contribution in [-0.4, -0.2) is 15.5 Å². The second-order valence-corrected chi connectivity index (χ2v) is 5.34. The first kappa shape index (κ1) is 14.4. The monoisotopic (exact) mass is 297 g/mol. The van der Waals surface area contributed by atoms with Gasteiger partial charge in [0.1, 0.15) is 5.76 Å². The molecule has 0 saturated heterocycles. The highest BCUT2D eigenvalue weighted by Crippen LogP contribution is 2.15. The summed E-state index contributed by atoms with van der Waals surface area (Å²) in [5, 5.41) is 4.03. The molecule has 22 heavy (non-hydrogen) atoms. The van der Waals surface area contributed by atoms with E-state index in [4.69, 9.17) is 4.42 Å². The van der Waals surface area contributed by atoms with E-state index in [0.29, 0.717) is 25.4 Å². The number of nitrogens with one attached hydrogen (secondary N) is 1. The minimum Gasteiger partial charge on any atom is -0.444 e. The van der Waals surface area contributed by atoms with E-state index in [9.17, 15) is 4.79 Å². The molecule has 2 aromatic heterocycles. The van der Waals surface area contributed by atoms with Crippen molar-refractivity contribution in [3.63, 3.8) is 0 Å². The van der Waals surface area contributed by atoms with E-state index in [0.717, 1.165) is 17.0 Å². The number of rotatable bonds is 5. The first-order valence-corrected chi connectivity index (χ1v) is 7.37. The van der Waals surface area contributed by atoms with E-state index in [-0.39, 0.29) is 5.91 Å². The molecule has 3 aromatic rings. The Balaban J connectivity index is 1.54. The number of oxazole rings is 1. The fraction of sp³-hybridized carbons (Fsp3) is 0.294. The number of benzene rings is 1. The molecule has 3 rings (SSSR count). The number of nitrogens with zero attached hydrogens (tertiary/aromatic N) is 2. The van der Waals surface area contributed by atoms with Crippen molar-refractivity contribution in [1.82, 2.24) is 14.9 Å². The molecule has 0 unspecified atom stereocenters. The Labute approximate surface area is 129 Å². The SMILES string of the molecule is Cc1nc(CNC(=O)CCn2ccc3ccccc32)oc1C. The van der Waals surface area contributed by atoms with Gasteiger partial charge in [-0.2, -0.15) is 0 Å². The van der Waals surface area contributed by atoms with Crippen molar-refractivity contribution in [1.29, 1.82) is 0 Å². The van der Waals surface area contributed by atoms with E-state index in [1.165, 1.54) is 5.39 Å². The lowest BCUT2D eigenvalue weighted by atomic mass is 10.2. The third kappa shape index (κ3) is 3.03. The van der Waals surface area contributed by atoms with E-state index in [1.807, 2.05) is 32.2 Å². The molecular formula is C17H19N3O2. The van der Waals surface area contributed by atoms with Gasteiger partial charge in [0.05, 0.1) is 12.2 Å². The molecular weight excluding hydrogens is 278 g/mol. The third-order valence-corrected chi connectivity index (χ3v) is 3.77. The van der Waals surface area contributed by atoms with Gasteiger partial charge in [-0.25, -0.2) is 4.98 Å². The fourth-order valence-electron chi connectivity index (χ4n) is 2.43. The van der Waals surface area contributed by atoms with Gasteiger partial charge in [0.15, 0.2) is 0 Å². The normalized spacial score (nSPS) is 11.0. The van der Waals surface area contributed by atoms with Gasteiger partial charge in [-0.1, -0.05) is 18.2 Å². The van der Waals surface area contributed by atoms with Crippen molar-refractivity contribution in [2.24, 2.45) is 0 Å². The summed E-state index contributed by atoms with van der Waals surface area (Å²) in [6, 6.07) is 10.2. The Morgan fingerprint density at radius 3 is 2.86 bits per heavy atom. The number of para-hydroxylation sites is 1. The lowest BCUT2D eigenvalue weighted by Crippen LogP contribution is -2.24. The third-order valence-electron chi connectivity index (χ3n) is 3.77. The minimum absolute atomic E-state index is 0.00807. The van der Waals surface area contributed by atoms with Crippen molar-refractivity contribution < 1.29 is 9.21 Å². The molecule has 0 radical (unpaired) electrons. The summed E-state index contributed by atoms with van der Waals surface area (Å²) in [5.74, 6) is 1.34. The van der Waals surface area contributed by atoms with E-state index in [1.54, 1.807) is 0 Å². The lowest BCUT2D eigenvalue weighted by molar-refractivity contribution is -0.121. The molecule has 0 aliphatic heterocycles. The first-order chi connectivity index (χ1) is 10.6. The largest absolute Gasteiger partial charge is 0.444 e. The van der Waals surface area contributed by atoms with Crippen molar-refractivity contribution in [2.45, 2.75) is 33.4 Å². The average molecular weight is 297 g/mol. The highest BCUT2D eigenvalue weighted by Gasteiger charge is 2.08. The van der Waals surface area contributed by atoms with Gasteiger partial charge in [-0.3, -0.25) is 4.79 Å². The van der Waals surface area contributed by atoms with Crippen LogP contribution in [-0.2, 0) is 17.9 Å². The van der Waals surface area contributed by atoms with Crippen molar-refractivity contribution >= 4 is 16.8 Å². The second kappa shape index (κ2) is 6.05. The maximum absolute atomic E-state index is 11.9. The van der Waals surface area contributed by atoms with Gasteiger partial charge in [0.2, 0.25) is 11.8 Å². The number of aromatic nitrogens is 2. The molecule has 5 heteroatoms. The van der Waals surface area contributed by atoms with Crippen LogP contribution < -0.4 is 5.32 Å². The molecule has 0 fully saturated rings. The highest BCUT2D eigenvalue weighted by molar-refractivity contribution is 5.80. The average Bonchev–Trinajstić information content (AvgIpc) is 3.07. The van der Waals surface area contributed by atoms with Crippen molar-refractivity contribution in [2.75, 3.05) is 0 Å². The van der Waals surface area contributed by atoms with Crippen LogP contribution in [0.15, 0.2) is 40.9 Å². The molecule has 0 aliphatic carbocycles. The Kier molecular flexibility index (Phi) is 3.96. The smallest absolute Gasteiger partial charge is 0.222 e. The number of carbonyl (C=O) groups excluding carboxylic acids is 1. The molecule has 1 amide bonds. The van der Waals surface area contributed by atoms with E-state index < -0.39 is 0 Å². The topological polar surface area (TPSA) is 60.1 Å². The second-order valence-electron chi connectivity index (χ2n) is 5.34. The summed E-state index contributed by atoms with van der Waals surface area (Å²) in [5.41, 5.74) is 2.01. The highest BCUT2D eigenvalue weighted by atomic mass is 16.4. The predicted molar refractivity (Wildman–Crippen MR) is 84.4 cm³/mol. The van der Waals surface area contributed by atoms with Crippen LogP contribution in [0.25, 0.3) is 10.9 Å². The summed E-state index contributed by atoms with van der Waals surface area (Å²) >= 11 is 0. The summed E-state index contributed by atoms with van der Waals surface area (Å²) < 4.78 is 7.53. The zero-order chi connectivity index (χ0) is 15.5. The van der Waals surface area contributed by atoms with Crippen LogP contribution in [0.2, 0.25) is 0 Å². The molecule has 1 aromatic carbocycles. The Bertz CT molecular complexity index is 782. The van der Waals surface area contributed by atoms with Crippen LogP contribution in [0.5, 0.6) is 0 Å². The van der Waals surface area contributed by atoms with Gasteiger partial charge in [0.25, 0.3) is 0 Å². The fourth-order valence-corrected chi connectivity index (χ4v) is 2.43. The van der Waals surface area contributed by atoms with Gasteiger partial charge < -0.3 is 14.3 Å². The molecule has 5 nitrogen and oxygen atoms in total. The van der Waals surface area contributed by atoms with Crippen molar-refractivity contribution in [3.8, 4) is 0 Å². The first-order valence-electron chi connectivity index (χ1n) is 7.37. The van der Waals surface area contributed by atoms with E-state index >= 15 is 0 Å². The Hall–Kier alpha value is -2.56.